The Balaban J connectivity index is 1.99. The van der Waals surface area contributed by atoms with E-state index in [2.05, 4.69) is 10.3 Å². The van der Waals surface area contributed by atoms with Crippen LogP contribution in [0.4, 0.5) is 4.79 Å². The number of thiazole rings is 1. The molecule has 0 bridgehead atoms. The van der Waals surface area contributed by atoms with E-state index < -0.39 is 11.6 Å². The van der Waals surface area contributed by atoms with Crippen LogP contribution in [0.15, 0.2) is 28.3 Å². The van der Waals surface area contributed by atoms with Crippen molar-refractivity contribution in [3.63, 3.8) is 0 Å². The molecule has 2 N–H and O–H groups in total. The Morgan fingerprint density at radius 3 is 2.74 bits per heavy atom. The zero-order chi connectivity index (χ0) is 17.0. The van der Waals surface area contributed by atoms with Gasteiger partial charge in [0.25, 0.3) is 5.91 Å². The molecule has 2 rings (SSSR count). The van der Waals surface area contributed by atoms with Crippen molar-refractivity contribution in [1.82, 2.24) is 15.2 Å². The predicted molar refractivity (Wildman–Crippen MR) is 86.6 cm³/mol. The molecule has 8 heteroatoms. The first-order chi connectivity index (χ1) is 10.8. The number of nitrogens with one attached hydrogen (secondary N) is 1. The summed E-state index contributed by atoms with van der Waals surface area (Å²) in [4.78, 5) is 29.5. The first kappa shape index (κ1) is 17.0. The summed E-state index contributed by atoms with van der Waals surface area (Å²) >= 11 is 1.31. The highest BCUT2D eigenvalue weighted by molar-refractivity contribution is 7.13. The second-order valence-electron chi connectivity index (χ2n) is 5.87. The van der Waals surface area contributed by atoms with E-state index in [4.69, 9.17) is 4.42 Å². The highest BCUT2D eigenvalue weighted by Gasteiger charge is 2.26. The second-order valence-corrected chi connectivity index (χ2v) is 6.72. The normalized spacial score (nSPS) is 11.3. The molecule has 0 radical (unpaired) electrons. The fraction of sp³-hybridized carbons (Fsp3) is 0.400. The summed E-state index contributed by atoms with van der Waals surface area (Å²) < 4.78 is 5.29. The van der Waals surface area contributed by atoms with Gasteiger partial charge in [0.2, 0.25) is 0 Å². The maximum Gasteiger partial charge on any atom is 0.407 e. The predicted octanol–water partition coefficient (Wildman–Crippen LogP) is 2.91. The van der Waals surface area contributed by atoms with Crippen LogP contribution in [0, 0.1) is 0 Å². The summed E-state index contributed by atoms with van der Waals surface area (Å²) in [6.07, 6.45) is 0.516. The standard InChI is InChI=1S/C15H19N3O4S/c1-15(2,3)18(14(20)21)7-6-16-13(19)11-12(23-9-17-11)10-5-4-8-22-10/h4-5,8-9H,6-7H2,1-3H3,(H,16,19)(H,20,21). The van der Waals surface area contributed by atoms with Crippen molar-refractivity contribution in [2.75, 3.05) is 13.1 Å². The number of nitrogens with zero attached hydrogens (tertiary/aromatic N) is 2. The molecule has 2 aromatic rings. The van der Waals surface area contributed by atoms with Crippen molar-refractivity contribution in [1.29, 1.82) is 0 Å². The summed E-state index contributed by atoms with van der Waals surface area (Å²) in [6.45, 7) is 5.82. The maximum absolute atomic E-state index is 12.2. The van der Waals surface area contributed by atoms with Gasteiger partial charge in [-0.2, -0.15) is 0 Å². The molecule has 0 aliphatic heterocycles. The maximum atomic E-state index is 12.2. The third-order valence-corrected chi connectivity index (χ3v) is 4.03. The van der Waals surface area contributed by atoms with Gasteiger partial charge < -0.3 is 19.7 Å². The number of amides is 2. The zero-order valence-electron chi connectivity index (χ0n) is 13.2. The van der Waals surface area contributed by atoms with Crippen molar-refractivity contribution < 1.29 is 19.1 Å². The van der Waals surface area contributed by atoms with Crippen LogP contribution in [0.5, 0.6) is 0 Å². The molecule has 0 saturated carbocycles. The van der Waals surface area contributed by atoms with Crippen molar-refractivity contribution in [2.45, 2.75) is 26.3 Å². The summed E-state index contributed by atoms with van der Waals surface area (Å²) in [5, 5.41) is 11.9. The molecule has 2 amide bonds. The third-order valence-electron chi connectivity index (χ3n) is 3.19. The lowest BCUT2D eigenvalue weighted by atomic mass is 10.1. The number of carboxylic acid groups (broad SMARTS) is 1. The van der Waals surface area contributed by atoms with Crippen LogP contribution in [0.1, 0.15) is 31.3 Å². The number of carbonyl (C=O) groups excluding carboxylic acids is 1. The monoisotopic (exact) mass is 337 g/mol. The zero-order valence-corrected chi connectivity index (χ0v) is 14.0. The van der Waals surface area contributed by atoms with Gasteiger partial charge in [0.1, 0.15) is 16.3 Å². The van der Waals surface area contributed by atoms with Crippen molar-refractivity contribution in [3.8, 4) is 10.6 Å². The SMILES string of the molecule is CC(C)(C)N(CCNC(=O)c1ncsc1-c1ccco1)C(=O)O. The molecule has 0 fully saturated rings. The molecule has 0 spiro atoms. The molecular weight excluding hydrogens is 318 g/mol. The van der Waals surface area contributed by atoms with E-state index in [1.165, 1.54) is 22.5 Å². The smallest absolute Gasteiger partial charge is 0.407 e. The minimum Gasteiger partial charge on any atom is -0.465 e. The Kier molecular flexibility index (Phi) is 5.05. The Morgan fingerprint density at radius 1 is 1.43 bits per heavy atom. The Morgan fingerprint density at radius 2 is 2.17 bits per heavy atom. The van der Waals surface area contributed by atoms with Gasteiger partial charge in [0.05, 0.1) is 11.8 Å². The van der Waals surface area contributed by atoms with Gasteiger partial charge in [-0.3, -0.25) is 4.79 Å². The van der Waals surface area contributed by atoms with Crippen LogP contribution in [0.3, 0.4) is 0 Å². The molecule has 2 heterocycles. The molecule has 124 valence electrons. The van der Waals surface area contributed by atoms with Crippen LogP contribution in [0.25, 0.3) is 10.6 Å². The second kappa shape index (κ2) is 6.82. The molecule has 0 aromatic carbocycles. The lowest BCUT2D eigenvalue weighted by molar-refractivity contribution is 0.0889. The number of hydrogen-bond acceptors (Lipinski definition) is 5. The summed E-state index contributed by atoms with van der Waals surface area (Å²) in [6, 6.07) is 3.50. The highest BCUT2D eigenvalue weighted by atomic mass is 32.1. The fourth-order valence-electron chi connectivity index (χ4n) is 2.07. The van der Waals surface area contributed by atoms with Gasteiger partial charge in [0, 0.05) is 18.6 Å². The quantitative estimate of drug-likeness (QED) is 0.874. The van der Waals surface area contributed by atoms with E-state index in [-0.39, 0.29) is 24.7 Å². The van der Waals surface area contributed by atoms with E-state index in [1.807, 2.05) is 0 Å². The topological polar surface area (TPSA) is 95.7 Å². The Hall–Kier alpha value is -2.35. The van der Waals surface area contributed by atoms with E-state index in [1.54, 1.807) is 38.4 Å². The largest absolute Gasteiger partial charge is 0.465 e. The fourth-order valence-corrected chi connectivity index (χ4v) is 2.83. The molecule has 2 aromatic heterocycles. The lowest BCUT2D eigenvalue weighted by Crippen LogP contribution is -2.48. The first-order valence-electron chi connectivity index (χ1n) is 7.07. The van der Waals surface area contributed by atoms with Crippen LogP contribution in [-0.4, -0.2) is 45.6 Å². The van der Waals surface area contributed by atoms with Gasteiger partial charge in [-0.1, -0.05) is 0 Å². The Bertz CT molecular complexity index is 673. The average Bonchev–Trinajstić information content (AvgIpc) is 3.10. The van der Waals surface area contributed by atoms with Crippen LogP contribution < -0.4 is 5.32 Å². The highest BCUT2D eigenvalue weighted by Crippen LogP contribution is 2.27. The summed E-state index contributed by atoms with van der Waals surface area (Å²) in [5.74, 6) is 0.233. The van der Waals surface area contributed by atoms with E-state index in [0.29, 0.717) is 10.6 Å². The number of hydrogen-bond donors (Lipinski definition) is 2. The molecule has 7 nitrogen and oxygen atoms in total. The van der Waals surface area contributed by atoms with Crippen molar-refractivity contribution in [2.24, 2.45) is 0 Å². The van der Waals surface area contributed by atoms with Gasteiger partial charge in [-0.25, -0.2) is 9.78 Å². The lowest BCUT2D eigenvalue weighted by Gasteiger charge is -2.33. The molecule has 23 heavy (non-hydrogen) atoms. The number of furan rings is 1. The molecule has 0 aliphatic carbocycles. The van der Waals surface area contributed by atoms with Crippen LogP contribution in [0.2, 0.25) is 0 Å². The van der Waals surface area contributed by atoms with Gasteiger partial charge in [-0.05, 0) is 32.9 Å². The van der Waals surface area contributed by atoms with E-state index >= 15 is 0 Å². The van der Waals surface area contributed by atoms with E-state index in [0.717, 1.165) is 0 Å². The van der Waals surface area contributed by atoms with Gasteiger partial charge in [0.15, 0.2) is 0 Å². The third kappa shape index (κ3) is 4.10. The van der Waals surface area contributed by atoms with Gasteiger partial charge >= 0.3 is 6.09 Å². The number of carbonyl (C=O) groups is 2. The van der Waals surface area contributed by atoms with Crippen LogP contribution in [-0.2, 0) is 0 Å². The minimum atomic E-state index is -1.02. The number of aromatic nitrogens is 1. The van der Waals surface area contributed by atoms with Crippen molar-refractivity contribution in [3.05, 3.63) is 29.6 Å². The minimum absolute atomic E-state index is 0.199. The van der Waals surface area contributed by atoms with E-state index in [9.17, 15) is 14.7 Å². The molecular formula is C15H19N3O4S. The van der Waals surface area contributed by atoms with Crippen molar-refractivity contribution >= 4 is 23.3 Å². The summed E-state index contributed by atoms with van der Waals surface area (Å²) in [7, 11) is 0. The molecule has 0 atom stereocenters. The molecule has 0 aliphatic rings. The average molecular weight is 337 g/mol. The van der Waals surface area contributed by atoms with Crippen LogP contribution >= 0.6 is 11.3 Å². The first-order valence-corrected chi connectivity index (χ1v) is 7.95. The van der Waals surface area contributed by atoms with Gasteiger partial charge in [-0.15, -0.1) is 11.3 Å². The summed E-state index contributed by atoms with van der Waals surface area (Å²) in [5.41, 5.74) is 1.32. The Labute approximate surface area is 137 Å². The molecule has 0 unspecified atom stereocenters. The molecule has 0 saturated heterocycles. The number of rotatable bonds is 5.